The highest BCUT2D eigenvalue weighted by Gasteiger charge is 2.12. The Morgan fingerprint density at radius 2 is 2.40 bits per heavy atom. The van der Waals surface area contributed by atoms with E-state index in [1.165, 1.54) is 0 Å². The summed E-state index contributed by atoms with van der Waals surface area (Å²) >= 11 is 0. The molecule has 1 atom stereocenters. The van der Waals surface area contributed by atoms with E-state index < -0.39 is 12.0 Å². The lowest BCUT2D eigenvalue weighted by Crippen LogP contribution is -2.32. The van der Waals surface area contributed by atoms with Crippen molar-refractivity contribution in [2.24, 2.45) is 5.73 Å². The van der Waals surface area contributed by atoms with Gasteiger partial charge >= 0.3 is 5.97 Å². The molecule has 0 amide bonds. The first-order valence-electron chi connectivity index (χ1n) is 4.57. The lowest BCUT2D eigenvalue weighted by Gasteiger charge is -2.06. The Morgan fingerprint density at radius 1 is 1.60 bits per heavy atom. The van der Waals surface area contributed by atoms with Crippen LogP contribution in [0.25, 0.3) is 5.65 Å². The van der Waals surface area contributed by atoms with Gasteiger partial charge in [0.1, 0.15) is 11.7 Å². The molecule has 2 heterocycles. The van der Waals surface area contributed by atoms with E-state index in [2.05, 4.69) is 4.98 Å². The zero-order valence-corrected chi connectivity index (χ0v) is 8.00. The van der Waals surface area contributed by atoms with Crippen molar-refractivity contribution in [3.63, 3.8) is 0 Å². The highest BCUT2D eigenvalue weighted by Crippen LogP contribution is 2.06. The summed E-state index contributed by atoms with van der Waals surface area (Å²) in [5, 5.41) is 8.67. The predicted octanol–water partition coefficient (Wildman–Crippen LogP) is 0.289. The van der Waals surface area contributed by atoms with Gasteiger partial charge in [0.05, 0.1) is 0 Å². The van der Waals surface area contributed by atoms with Crippen molar-refractivity contribution in [3.8, 4) is 0 Å². The number of nitrogens with zero attached hydrogens (tertiary/aromatic N) is 2. The van der Waals surface area contributed by atoms with Gasteiger partial charge < -0.3 is 15.2 Å². The topological polar surface area (TPSA) is 80.6 Å². The second kappa shape index (κ2) is 3.70. The predicted molar refractivity (Wildman–Crippen MR) is 54.5 cm³/mol. The van der Waals surface area contributed by atoms with Crippen LogP contribution in [0.2, 0.25) is 0 Å². The average molecular weight is 205 g/mol. The fraction of sp³-hybridized carbons (Fsp3) is 0.200. The van der Waals surface area contributed by atoms with Crippen molar-refractivity contribution in [2.45, 2.75) is 12.5 Å². The van der Waals surface area contributed by atoms with Gasteiger partial charge in [0, 0.05) is 18.6 Å². The Morgan fingerprint density at radius 3 is 3.13 bits per heavy atom. The van der Waals surface area contributed by atoms with Crippen LogP contribution in [0.1, 0.15) is 5.56 Å². The van der Waals surface area contributed by atoms with Crippen molar-refractivity contribution in [2.75, 3.05) is 0 Å². The molecule has 5 heteroatoms. The van der Waals surface area contributed by atoms with Crippen LogP contribution in [-0.2, 0) is 11.2 Å². The lowest BCUT2D eigenvalue weighted by atomic mass is 10.1. The number of hydrogen-bond donors (Lipinski definition) is 2. The van der Waals surface area contributed by atoms with E-state index in [9.17, 15) is 4.79 Å². The number of fused-ring (bicyclic) bond motifs is 1. The third kappa shape index (κ3) is 1.97. The molecule has 0 bridgehead atoms. The minimum Gasteiger partial charge on any atom is -0.480 e. The van der Waals surface area contributed by atoms with Crippen LogP contribution in [0.5, 0.6) is 0 Å². The van der Waals surface area contributed by atoms with E-state index in [1.54, 1.807) is 6.20 Å². The second-order valence-electron chi connectivity index (χ2n) is 3.38. The number of carboxylic acid groups (broad SMARTS) is 1. The van der Waals surface area contributed by atoms with Crippen LogP contribution in [0, 0.1) is 0 Å². The quantitative estimate of drug-likeness (QED) is 0.754. The summed E-state index contributed by atoms with van der Waals surface area (Å²) in [6, 6.07) is 2.82. The largest absolute Gasteiger partial charge is 0.480 e. The normalized spacial score (nSPS) is 12.9. The molecule has 2 rings (SSSR count). The molecule has 0 unspecified atom stereocenters. The molecule has 0 aliphatic rings. The van der Waals surface area contributed by atoms with E-state index in [1.807, 2.05) is 28.9 Å². The molecule has 78 valence electrons. The van der Waals surface area contributed by atoms with Crippen LogP contribution >= 0.6 is 0 Å². The molecule has 0 aliphatic heterocycles. The minimum absolute atomic E-state index is 0.323. The number of rotatable bonds is 3. The van der Waals surface area contributed by atoms with E-state index in [0.29, 0.717) is 6.42 Å². The molecule has 0 saturated heterocycles. The molecule has 0 saturated carbocycles. The molecular formula is C10H11N3O2. The van der Waals surface area contributed by atoms with Crippen LogP contribution in [0.15, 0.2) is 30.7 Å². The molecule has 0 spiro atoms. The third-order valence-corrected chi connectivity index (χ3v) is 2.22. The van der Waals surface area contributed by atoms with Gasteiger partial charge in [-0.3, -0.25) is 4.79 Å². The minimum atomic E-state index is -0.985. The zero-order valence-electron chi connectivity index (χ0n) is 8.00. The average Bonchev–Trinajstić information content (AvgIpc) is 2.64. The molecule has 5 nitrogen and oxygen atoms in total. The fourth-order valence-corrected chi connectivity index (χ4v) is 1.43. The fourth-order valence-electron chi connectivity index (χ4n) is 1.43. The third-order valence-electron chi connectivity index (χ3n) is 2.22. The van der Waals surface area contributed by atoms with Crippen molar-refractivity contribution >= 4 is 11.6 Å². The van der Waals surface area contributed by atoms with Gasteiger partial charge in [-0.1, -0.05) is 6.07 Å². The Balaban J connectivity index is 2.24. The lowest BCUT2D eigenvalue weighted by molar-refractivity contribution is -0.138. The standard InChI is InChI=1S/C10H11N3O2/c11-8(10(14)15)5-7-1-2-9-12-3-4-13(9)6-7/h1-4,6,8H,5,11H2,(H,14,15)/t8-/m0/s1. The van der Waals surface area contributed by atoms with Crippen LogP contribution in [0.4, 0.5) is 0 Å². The molecule has 0 aromatic carbocycles. The summed E-state index contributed by atoms with van der Waals surface area (Å²) in [4.78, 5) is 14.7. The number of imidazole rings is 1. The SMILES string of the molecule is N[C@@H](Cc1ccc2nccn2c1)C(=O)O. The van der Waals surface area contributed by atoms with E-state index in [-0.39, 0.29) is 0 Å². The Hall–Kier alpha value is -1.88. The first-order chi connectivity index (χ1) is 7.16. The van der Waals surface area contributed by atoms with Crippen LogP contribution in [0.3, 0.4) is 0 Å². The molecular weight excluding hydrogens is 194 g/mol. The van der Waals surface area contributed by atoms with Crippen LogP contribution < -0.4 is 5.73 Å². The molecule has 0 aliphatic carbocycles. The highest BCUT2D eigenvalue weighted by atomic mass is 16.4. The molecule has 3 N–H and O–H groups in total. The smallest absolute Gasteiger partial charge is 0.320 e. The summed E-state index contributed by atoms with van der Waals surface area (Å²) in [6.07, 6.45) is 5.66. The van der Waals surface area contributed by atoms with Crippen LogP contribution in [-0.4, -0.2) is 26.5 Å². The monoisotopic (exact) mass is 205 g/mol. The van der Waals surface area contributed by atoms with Crippen molar-refractivity contribution in [1.82, 2.24) is 9.38 Å². The first kappa shape index (κ1) is 9.67. The summed E-state index contributed by atoms with van der Waals surface area (Å²) in [5.74, 6) is -0.985. The van der Waals surface area contributed by atoms with Gasteiger partial charge in [0.2, 0.25) is 0 Å². The molecule has 15 heavy (non-hydrogen) atoms. The van der Waals surface area contributed by atoms with Gasteiger partial charge in [0.25, 0.3) is 0 Å². The highest BCUT2D eigenvalue weighted by molar-refractivity contribution is 5.73. The van der Waals surface area contributed by atoms with Crippen molar-refractivity contribution in [3.05, 3.63) is 36.3 Å². The summed E-state index contributed by atoms with van der Waals surface area (Å²) in [6.45, 7) is 0. The van der Waals surface area contributed by atoms with Gasteiger partial charge in [-0.25, -0.2) is 4.98 Å². The maximum atomic E-state index is 10.6. The number of aromatic nitrogens is 2. The zero-order chi connectivity index (χ0) is 10.8. The van der Waals surface area contributed by atoms with E-state index >= 15 is 0 Å². The number of hydrogen-bond acceptors (Lipinski definition) is 3. The van der Waals surface area contributed by atoms with Gasteiger partial charge in [-0.05, 0) is 18.1 Å². The number of aliphatic carboxylic acids is 1. The number of nitrogens with two attached hydrogens (primary N) is 1. The number of pyridine rings is 1. The Kier molecular flexibility index (Phi) is 2.39. The Bertz CT molecular complexity index is 492. The molecule has 0 fully saturated rings. The van der Waals surface area contributed by atoms with Crippen molar-refractivity contribution < 1.29 is 9.90 Å². The second-order valence-corrected chi connectivity index (χ2v) is 3.38. The summed E-state index contributed by atoms with van der Waals surface area (Å²) in [7, 11) is 0. The summed E-state index contributed by atoms with van der Waals surface area (Å²) < 4.78 is 1.84. The van der Waals surface area contributed by atoms with Gasteiger partial charge in [-0.2, -0.15) is 0 Å². The number of carboxylic acids is 1. The molecule has 2 aromatic heterocycles. The summed E-state index contributed by atoms with van der Waals surface area (Å²) in [5.41, 5.74) is 7.16. The molecule has 2 aromatic rings. The maximum absolute atomic E-state index is 10.6. The van der Waals surface area contributed by atoms with E-state index in [0.717, 1.165) is 11.2 Å². The Labute approximate surface area is 86.2 Å². The van der Waals surface area contributed by atoms with E-state index in [4.69, 9.17) is 10.8 Å². The number of carbonyl (C=O) groups is 1. The maximum Gasteiger partial charge on any atom is 0.320 e. The van der Waals surface area contributed by atoms with Crippen molar-refractivity contribution in [1.29, 1.82) is 0 Å². The van der Waals surface area contributed by atoms with Gasteiger partial charge in [0.15, 0.2) is 0 Å². The van der Waals surface area contributed by atoms with Gasteiger partial charge in [-0.15, -0.1) is 0 Å². The molecule has 0 radical (unpaired) electrons. The first-order valence-corrected chi connectivity index (χ1v) is 4.57.